The average Bonchev–Trinajstić information content (AvgIpc) is 3.02. The van der Waals surface area contributed by atoms with Crippen molar-refractivity contribution in [1.29, 1.82) is 0 Å². The molecule has 1 atom stereocenters. The van der Waals surface area contributed by atoms with E-state index in [1.54, 1.807) is 0 Å². The van der Waals surface area contributed by atoms with Gasteiger partial charge in [-0.25, -0.2) is 0 Å². The van der Waals surface area contributed by atoms with E-state index in [0.717, 1.165) is 42.6 Å². The van der Waals surface area contributed by atoms with Gasteiger partial charge in [0.25, 0.3) is 0 Å². The SMILES string of the molecule is OC1/C(=C/c2cn(Cc3ccccc3)c3ccc(Br)cc23)N2CCC1CC2. The van der Waals surface area contributed by atoms with Gasteiger partial charge in [-0.1, -0.05) is 46.3 Å². The first-order valence-corrected chi connectivity index (χ1v) is 10.5. The number of piperidine rings is 3. The lowest BCUT2D eigenvalue weighted by Gasteiger charge is -2.45. The predicted octanol–water partition coefficient (Wildman–Crippen LogP) is 4.88. The molecule has 1 N–H and O–H groups in total. The van der Waals surface area contributed by atoms with Crippen LogP contribution >= 0.6 is 15.9 Å². The zero-order valence-corrected chi connectivity index (χ0v) is 16.8. The van der Waals surface area contributed by atoms with E-state index in [-0.39, 0.29) is 6.10 Å². The Balaban J connectivity index is 1.60. The zero-order valence-electron chi connectivity index (χ0n) is 15.2. The van der Waals surface area contributed by atoms with Crippen molar-refractivity contribution in [3.05, 3.63) is 76.0 Å². The molecule has 0 saturated carbocycles. The number of aromatic nitrogens is 1. The van der Waals surface area contributed by atoms with Crippen molar-refractivity contribution in [3.8, 4) is 0 Å². The molecule has 2 aromatic carbocycles. The first-order valence-electron chi connectivity index (χ1n) is 9.66. The summed E-state index contributed by atoms with van der Waals surface area (Å²) >= 11 is 3.62. The maximum Gasteiger partial charge on any atom is 0.0965 e. The van der Waals surface area contributed by atoms with Crippen molar-refractivity contribution in [2.24, 2.45) is 5.92 Å². The summed E-state index contributed by atoms with van der Waals surface area (Å²) < 4.78 is 3.39. The average molecular weight is 423 g/mol. The summed E-state index contributed by atoms with van der Waals surface area (Å²) in [5, 5.41) is 12.0. The van der Waals surface area contributed by atoms with Gasteiger partial charge in [0.1, 0.15) is 0 Å². The maximum atomic E-state index is 10.8. The van der Waals surface area contributed by atoms with Crippen LogP contribution in [-0.4, -0.2) is 33.8 Å². The van der Waals surface area contributed by atoms with Crippen LogP contribution in [0.15, 0.2) is 64.9 Å². The van der Waals surface area contributed by atoms with Gasteiger partial charge >= 0.3 is 0 Å². The van der Waals surface area contributed by atoms with E-state index in [1.807, 2.05) is 0 Å². The van der Waals surface area contributed by atoms with Crippen LogP contribution in [-0.2, 0) is 6.54 Å². The molecule has 3 saturated heterocycles. The first-order chi connectivity index (χ1) is 13.2. The molecule has 6 rings (SSSR count). The Morgan fingerprint density at radius 2 is 1.85 bits per heavy atom. The van der Waals surface area contributed by atoms with Gasteiger partial charge in [-0.3, -0.25) is 0 Å². The van der Waals surface area contributed by atoms with Gasteiger partial charge in [-0.2, -0.15) is 0 Å². The number of rotatable bonds is 3. The number of aliphatic hydroxyl groups is 1. The van der Waals surface area contributed by atoms with Gasteiger partial charge in [0.15, 0.2) is 0 Å². The third-order valence-electron chi connectivity index (χ3n) is 6.03. The van der Waals surface area contributed by atoms with Crippen LogP contribution < -0.4 is 0 Å². The topological polar surface area (TPSA) is 28.4 Å². The zero-order chi connectivity index (χ0) is 18.4. The summed E-state index contributed by atoms with van der Waals surface area (Å²) in [5.41, 5.74) is 4.79. The molecule has 4 heterocycles. The third kappa shape index (κ3) is 3.11. The molecule has 3 aliphatic heterocycles. The van der Waals surface area contributed by atoms with Crippen molar-refractivity contribution in [2.75, 3.05) is 13.1 Å². The molecule has 2 bridgehead atoms. The summed E-state index contributed by atoms with van der Waals surface area (Å²) in [6, 6.07) is 17.0. The number of halogens is 1. The van der Waals surface area contributed by atoms with E-state index >= 15 is 0 Å². The van der Waals surface area contributed by atoms with Crippen LogP contribution in [0.3, 0.4) is 0 Å². The van der Waals surface area contributed by atoms with Gasteiger partial charge in [-0.15, -0.1) is 0 Å². The van der Waals surface area contributed by atoms with Crippen LogP contribution in [0, 0.1) is 5.92 Å². The van der Waals surface area contributed by atoms with Crippen molar-refractivity contribution >= 4 is 32.9 Å². The number of hydrogen-bond donors (Lipinski definition) is 1. The number of hydrogen-bond acceptors (Lipinski definition) is 2. The largest absolute Gasteiger partial charge is 0.387 e. The molecule has 4 heteroatoms. The Labute approximate surface area is 168 Å². The summed E-state index contributed by atoms with van der Waals surface area (Å²) in [4.78, 5) is 2.36. The molecule has 0 spiro atoms. The van der Waals surface area contributed by atoms with E-state index in [9.17, 15) is 5.11 Å². The minimum atomic E-state index is -0.327. The van der Waals surface area contributed by atoms with Crippen LogP contribution in [0.1, 0.15) is 24.0 Å². The van der Waals surface area contributed by atoms with Crippen LogP contribution in [0.25, 0.3) is 17.0 Å². The van der Waals surface area contributed by atoms with Crippen LogP contribution in [0.5, 0.6) is 0 Å². The predicted molar refractivity (Wildman–Crippen MR) is 113 cm³/mol. The summed E-state index contributed by atoms with van der Waals surface area (Å²) in [6.07, 6.45) is 6.34. The Bertz CT molecular complexity index is 996. The normalized spacial score (nSPS) is 23.5. The molecule has 0 aliphatic carbocycles. The fourth-order valence-corrected chi connectivity index (χ4v) is 4.92. The molecular weight excluding hydrogens is 400 g/mol. The molecule has 3 aromatic rings. The van der Waals surface area contributed by atoms with Crippen LogP contribution in [0.2, 0.25) is 0 Å². The molecule has 3 fully saturated rings. The molecule has 1 unspecified atom stereocenters. The maximum absolute atomic E-state index is 10.8. The minimum absolute atomic E-state index is 0.327. The monoisotopic (exact) mass is 422 g/mol. The quantitative estimate of drug-likeness (QED) is 0.651. The molecule has 0 radical (unpaired) electrons. The second-order valence-electron chi connectivity index (χ2n) is 7.70. The van der Waals surface area contributed by atoms with E-state index < -0.39 is 0 Å². The molecule has 0 amide bonds. The lowest BCUT2D eigenvalue weighted by molar-refractivity contribution is 0.0215. The number of nitrogens with zero attached hydrogens (tertiary/aromatic N) is 2. The first kappa shape index (κ1) is 17.1. The Morgan fingerprint density at radius 1 is 1.07 bits per heavy atom. The lowest BCUT2D eigenvalue weighted by Crippen LogP contribution is -2.48. The van der Waals surface area contributed by atoms with Crippen molar-refractivity contribution in [1.82, 2.24) is 9.47 Å². The fourth-order valence-electron chi connectivity index (χ4n) is 4.56. The Hall–Kier alpha value is -2.04. The summed E-state index contributed by atoms with van der Waals surface area (Å²) in [6.45, 7) is 2.98. The van der Waals surface area contributed by atoms with Crippen molar-refractivity contribution < 1.29 is 5.11 Å². The summed E-state index contributed by atoms with van der Waals surface area (Å²) in [7, 11) is 0. The number of fused-ring (bicyclic) bond motifs is 4. The highest BCUT2D eigenvalue weighted by molar-refractivity contribution is 9.10. The smallest absolute Gasteiger partial charge is 0.0965 e. The van der Waals surface area contributed by atoms with E-state index in [2.05, 4.69) is 86.2 Å². The molecule has 3 aliphatic rings. The highest BCUT2D eigenvalue weighted by Crippen LogP contribution is 2.37. The second-order valence-corrected chi connectivity index (χ2v) is 8.61. The molecule has 138 valence electrons. The third-order valence-corrected chi connectivity index (χ3v) is 6.52. The highest BCUT2D eigenvalue weighted by atomic mass is 79.9. The summed E-state index contributed by atoms with van der Waals surface area (Å²) in [5.74, 6) is 0.422. The van der Waals surface area contributed by atoms with Crippen molar-refractivity contribution in [3.63, 3.8) is 0 Å². The van der Waals surface area contributed by atoms with Gasteiger partial charge < -0.3 is 14.6 Å². The lowest BCUT2D eigenvalue weighted by atomic mass is 9.83. The van der Waals surface area contributed by atoms with Gasteiger partial charge in [0.2, 0.25) is 0 Å². The highest BCUT2D eigenvalue weighted by Gasteiger charge is 2.36. The molecular formula is C23H23BrN2O. The second kappa shape index (κ2) is 6.84. The minimum Gasteiger partial charge on any atom is -0.387 e. The number of benzene rings is 2. The van der Waals surface area contributed by atoms with Gasteiger partial charge in [0.05, 0.1) is 6.10 Å². The van der Waals surface area contributed by atoms with E-state index in [0.29, 0.717) is 5.92 Å². The number of aliphatic hydroxyl groups excluding tert-OH is 1. The Morgan fingerprint density at radius 3 is 2.59 bits per heavy atom. The van der Waals surface area contributed by atoms with E-state index in [4.69, 9.17) is 0 Å². The standard InChI is InChI=1S/C23H23BrN2O/c24-19-6-7-21-20(13-19)18(15-26(21)14-16-4-2-1-3-5-16)12-22-23(27)17-8-10-25(22)11-9-17/h1-7,12-13,15,17,23,27H,8-11,14H2/b22-12-. The fraction of sp³-hybridized carbons (Fsp3) is 0.304. The van der Waals surface area contributed by atoms with Gasteiger partial charge in [-0.05, 0) is 48.6 Å². The Kier molecular flexibility index (Phi) is 4.33. The molecule has 1 aromatic heterocycles. The van der Waals surface area contributed by atoms with Gasteiger partial charge in [0, 0.05) is 52.5 Å². The van der Waals surface area contributed by atoms with Crippen LogP contribution in [0.4, 0.5) is 0 Å². The van der Waals surface area contributed by atoms with E-state index in [1.165, 1.54) is 22.0 Å². The molecule has 27 heavy (non-hydrogen) atoms. The van der Waals surface area contributed by atoms with Crippen molar-refractivity contribution in [2.45, 2.75) is 25.5 Å². The molecule has 3 nitrogen and oxygen atoms in total.